The minimum absolute atomic E-state index is 0.00759. The minimum Gasteiger partial charge on any atom is -0.356 e. The number of likely N-dealkylation sites (N-methyl/N-ethyl adjacent to an activating group) is 1. The van der Waals surface area contributed by atoms with Crippen LogP contribution in [0.25, 0.3) is 0 Å². The molecule has 0 unspecified atom stereocenters. The number of anilines is 1. The molecule has 0 aliphatic carbocycles. The van der Waals surface area contributed by atoms with E-state index in [0.29, 0.717) is 6.54 Å². The molecule has 0 radical (unpaired) electrons. The van der Waals surface area contributed by atoms with Crippen LogP contribution in [0.2, 0.25) is 0 Å². The first kappa shape index (κ1) is 11.9. The van der Waals surface area contributed by atoms with Crippen LogP contribution in [-0.2, 0) is 4.79 Å². The Morgan fingerprint density at radius 2 is 2.31 bits per heavy atom. The first-order chi connectivity index (χ1) is 7.69. The maximum atomic E-state index is 11.1. The number of carbonyl (C=O) groups is 1. The zero-order chi connectivity index (χ0) is 12.0. The van der Waals surface area contributed by atoms with Crippen molar-refractivity contribution in [3.8, 4) is 0 Å². The molecule has 0 saturated carbocycles. The lowest BCUT2D eigenvalue weighted by atomic mass is 10.4. The van der Waals surface area contributed by atoms with E-state index < -0.39 is 0 Å². The first-order valence-electron chi connectivity index (χ1n) is 4.51. The second kappa shape index (κ2) is 5.66. The summed E-state index contributed by atoms with van der Waals surface area (Å²) in [6.45, 7) is 2.30. The molecule has 9 nitrogen and oxygen atoms in total. The Kier molecular flexibility index (Phi) is 4.21. The summed E-state index contributed by atoms with van der Waals surface area (Å²) in [4.78, 5) is 11.1. The van der Waals surface area contributed by atoms with Gasteiger partial charge in [-0.1, -0.05) is 0 Å². The number of amidine groups is 1. The average molecular weight is 228 g/mol. The van der Waals surface area contributed by atoms with Crippen molar-refractivity contribution in [3.63, 3.8) is 0 Å². The van der Waals surface area contributed by atoms with Crippen LogP contribution in [0.3, 0.4) is 0 Å². The summed E-state index contributed by atoms with van der Waals surface area (Å²) in [5.74, 6) is -0.489. The molecule has 0 aromatic carbocycles. The molecule has 0 aliphatic rings. The molecule has 88 valence electrons. The summed E-state index contributed by atoms with van der Waals surface area (Å²) in [7, 11) is 0. The van der Waals surface area contributed by atoms with E-state index in [4.69, 9.17) is 10.6 Å². The molecule has 16 heavy (non-hydrogen) atoms. The van der Waals surface area contributed by atoms with Crippen LogP contribution in [-0.4, -0.2) is 40.4 Å². The third kappa shape index (κ3) is 2.92. The molecule has 1 heterocycles. The first-order valence-corrected chi connectivity index (χ1v) is 4.51. The summed E-state index contributed by atoms with van der Waals surface area (Å²) in [5, 5.41) is 27.8. The van der Waals surface area contributed by atoms with Gasteiger partial charge in [-0.3, -0.25) is 20.9 Å². The molecule has 1 aromatic rings. The molecule has 1 aromatic heterocycles. The number of hydrogen-bond donors (Lipinski definition) is 5. The topological polar surface area (TPSA) is 136 Å². The monoisotopic (exact) mass is 228 g/mol. The van der Waals surface area contributed by atoms with Gasteiger partial charge in [-0.2, -0.15) is 0 Å². The number of carbonyl (C=O) groups excluding carboxylic acids is 1. The summed E-state index contributed by atoms with van der Waals surface area (Å²) in [6, 6.07) is 0. The number of hydroxylamine groups is 1. The molecule has 0 atom stereocenters. The number of amides is 1. The maximum Gasteiger partial charge on any atom is 0.239 e. The minimum atomic E-state index is -0.375. The number of nitrogens with zero attached hydrogens (tertiary/aromatic N) is 2. The van der Waals surface area contributed by atoms with Gasteiger partial charge in [0.05, 0.1) is 6.54 Å². The Morgan fingerprint density at radius 1 is 1.56 bits per heavy atom. The van der Waals surface area contributed by atoms with Gasteiger partial charge in [0.1, 0.15) is 0 Å². The Morgan fingerprint density at radius 3 is 2.94 bits per heavy atom. The van der Waals surface area contributed by atoms with Crippen molar-refractivity contribution in [1.29, 1.82) is 5.41 Å². The second-order valence-corrected chi connectivity index (χ2v) is 2.76. The fourth-order valence-corrected chi connectivity index (χ4v) is 0.945. The van der Waals surface area contributed by atoms with E-state index in [1.54, 1.807) is 12.4 Å². The predicted molar refractivity (Wildman–Crippen MR) is 53.2 cm³/mol. The van der Waals surface area contributed by atoms with E-state index in [1.165, 1.54) is 0 Å². The van der Waals surface area contributed by atoms with Crippen molar-refractivity contribution >= 4 is 17.6 Å². The summed E-state index contributed by atoms with van der Waals surface area (Å²) < 4.78 is 4.37. The van der Waals surface area contributed by atoms with Crippen LogP contribution in [0.4, 0.5) is 5.82 Å². The highest BCUT2D eigenvalue weighted by Gasteiger charge is 2.15. The molecule has 9 heteroatoms. The summed E-state index contributed by atoms with van der Waals surface area (Å²) in [6.07, 6.45) is 0. The lowest BCUT2D eigenvalue weighted by Gasteiger charge is -2.03. The SMILES string of the molecule is CCNC(=O)CNc1nonc1C(=N)NO. The maximum absolute atomic E-state index is 11.1. The standard InChI is InChI=1S/C7H12N6O3/c1-2-9-4(14)3-10-7-5(6(8)11-15)12-16-13-7/h15H,2-3H2,1H3,(H2,8,11)(H,9,14)(H,10,13). The average Bonchev–Trinajstić information content (AvgIpc) is 2.74. The molecule has 1 amide bonds. The van der Waals surface area contributed by atoms with Crippen molar-refractivity contribution in [2.24, 2.45) is 0 Å². The quantitative estimate of drug-likeness (QED) is 0.245. The van der Waals surface area contributed by atoms with Gasteiger partial charge in [-0.15, -0.1) is 0 Å². The zero-order valence-corrected chi connectivity index (χ0v) is 8.57. The van der Waals surface area contributed by atoms with Gasteiger partial charge >= 0.3 is 0 Å². The number of hydrogen-bond acceptors (Lipinski definition) is 7. The smallest absolute Gasteiger partial charge is 0.239 e. The predicted octanol–water partition coefficient (Wildman–Crippen LogP) is -1.08. The van der Waals surface area contributed by atoms with Crippen LogP contribution in [0.15, 0.2) is 4.63 Å². The van der Waals surface area contributed by atoms with Crippen molar-refractivity contribution in [3.05, 3.63) is 5.69 Å². The zero-order valence-electron chi connectivity index (χ0n) is 8.57. The Hall–Kier alpha value is -2.16. The molecular formula is C7H12N6O3. The van der Waals surface area contributed by atoms with Crippen molar-refractivity contribution in [2.75, 3.05) is 18.4 Å². The fourth-order valence-electron chi connectivity index (χ4n) is 0.945. The summed E-state index contributed by atoms with van der Waals surface area (Å²) >= 11 is 0. The molecular weight excluding hydrogens is 216 g/mol. The highest BCUT2D eigenvalue weighted by Crippen LogP contribution is 2.07. The van der Waals surface area contributed by atoms with Gasteiger partial charge < -0.3 is 10.6 Å². The largest absolute Gasteiger partial charge is 0.356 e. The van der Waals surface area contributed by atoms with Gasteiger partial charge in [0.15, 0.2) is 11.5 Å². The van der Waals surface area contributed by atoms with Crippen molar-refractivity contribution in [2.45, 2.75) is 6.92 Å². The van der Waals surface area contributed by atoms with E-state index in [1.807, 2.05) is 0 Å². The van der Waals surface area contributed by atoms with Crippen LogP contribution < -0.4 is 16.1 Å². The third-order valence-corrected chi connectivity index (χ3v) is 1.63. The molecule has 0 aliphatic heterocycles. The van der Waals surface area contributed by atoms with E-state index >= 15 is 0 Å². The third-order valence-electron chi connectivity index (χ3n) is 1.63. The fraction of sp³-hybridized carbons (Fsp3) is 0.429. The van der Waals surface area contributed by atoms with Crippen LogP contribution >= 0.6 is 0 Å². The number of nitrogens with one attached hydrogen (secondary N) is 4. The normalized spacial score (nSPS) is 9.62. The van der Waals surface area contributed by atoms with Crippen molar-refractivity contribution < 1.29 is 14.6 Å². The van der Waals surface area contributed by atoms with Gasteiger partial charge in [-0.05, 0) is 17.2 Å². The molecule has 0 saturated heterocycles. The van der Waals surface area contributed by atoms with E-state index in [0.717, 1.165) is 0 Å². The van der Waals surface area contributed by atoms with Crippen LogP contribution in [0.5, 0.6) is 0 Å². The van der Waals surface area contributed by atoms with E-state index in [-0.39, 0.29) is 29.8 Å². The van der Waals surface area contributed by atoms with Gasteiger partial charge in [0, 0.05) is 6.54 Å². The highest BCUT2D eigenvalue weighted by atomic mass is 16.6. The van der Waals surface area contributed by atoms with Crippen LogP contribution in [0.1, 0.15) is 12.6 Å². The van der Waals surface area contributed by atoms with Gasteiger partial charge in [-0.25, -0.2) is 4.63 Å². The lowest BCUT2D eigenvalue weighted by molar-refractivity contribution is -0.119. The molecule has 0 spiro atoms. The Bertz CT molecular complexity index is 376. The lowest BCUT2D eigenvalue weighted by Crippen LogP contribution is -2.30. The van der Waals surface area contributed by atoms with E-state index in [2.05, 4.69) is 25.6 Å². The summed E-state index contributed by atoms with van der Waals surface area (Å²) in [5.41, 5.74) is 1.59. The number of aromatic nitrogens is 2. The van der Waals surface area contributed by atoms with Gasteiger partial charge in [0.25, 0.3) is 0 Å². The van der Waals surface area contributed by atoms with Crippen molar-refractivity contribution in [1.82, 2.24) is 21.1 Å². The van der Waals surface area contributed by atoms with Crippen LogP contribution in [0, 0.1) is 5.41 Å². The molecule has 0 fully saturated rings. The Balaban J connectivity index is 2.57. The van der Waals surface area contributed by atoms with Gasteiger partial charge in [0.2, 0.25) is 11.7 Å². The highest BCUT2D eigenvalue weighted by molar-refractivity contribution is 5.98. The Labute approximate surface area is 90.6 Å². The second-order valence-electron chi connectivity index (χ2n) is 2.76. The molecule has 5 N–H and O–H groups in total. The van der Waals surface area contributed by atoms with E-state index in [9.17, 15) is 4.79 Å². The molecule has 1 rings (SSSR count). The number of rotatable bonds is 5. The molecule has 0 bridgehead atoms.